The van der Waals surface area contributed by atoms with Crippen molar-refractivity contribution in [2.75, 3.05) is 12.4 Å². The third-order valence-electron chi connectivity index (χ3n) is 4.90. The van der Waals surface area contributed by atoms with E-state index in [2.05, 4.69) is 5.32 Å². The lowest BCUT2D eigenvalue weighted by molar-refractivity contribution is -0.138. The van der Waals surface area contributed by atoms with Crippen LogP contribution in [0.15, 0.2) is 47.1 Å². The molecule has 1 aromatic rings. The molecule has 0 saturated carbocycles. The van der Waals surface area contributed by atoms with Crippen molar-refractivity contribution in [2.24, 2.45) is 5.73 Å². The molecule has 3 N–H and O–H groups in total. The van der Waals surface area contributed by atoms with Crippen LogP contribution in [0.3, 0.4) is 0 Å². The number of methoxy groups -OCH3 is 1. The smallest absolute Gasteiger partial charge is 0.340 e. The second-order valence-corrected chi connectivity index (χ2v) is 6.16. The van der Waals surface area contributed by atoms with E-state index < -0.39 is 17.3 Å². The van der Waals surface area contributed by atoms with Gasteiger partial charge in [0, 0.05) is 24.1 Å². The highest BCUT2D eigenvalue weighted by molar-refractivity contribution is 6.22. The molecule has 2 heterocycles. The minimum atomic E-state index is -1.63. The topological polar surface area (TPSA) is 108 Å². The largest absolute Gasteiger partial charge is 0.465 e. The van der Waals surface area contributed by atoms with Gasteiger partial charge in [0.05, 0.1) is 12.7 Å². The van der Waals surface area contributed by atoms with Gasteiger partial charge in [-0.1, -0.05) is 18.2 Å². The third-order valence-corrected chi connectivity index (χ3v) is 4.90. The van der Waals surface area contributed by atoms with Gasteiger partial charge >= 0.3 is 5.97 Å². The van der Waals surface area contributed by atoms with Crippen LogP contribution in [0.5, 0.6) is 0 Å². The molecule has 25 heavy (non-hydrogen) atoms. The Morgan fingerprint density at radius 2 is 2.04 bits per heavy atom. The Morgan fingerprint density at radius 3 is 2.80 bits per heavy atom. The van der Waals surface area contributed by atoms with E-state index in [9.17, 15) is 14.4 Å². The zero-order valence-corrected chi connectivity index (χ0v) is 13.5. The predicted octanol–water partition coefficient (Wildman–Crippen LogP) is 1.26. The molecule has 1 unspecified atom stereocenters. The standard InChI is InChI=1S/C18H16N2O5/c1-24-16(22)14-15(19)25-12-8-4-7-11(21)13(12)18(14)9-5-2-3-6-10(9)20-17(18)23/h2-3,5-6H,4,7-8,19H2,1H3,(H,20,23). The first-order chi connectivity index (χ1) is 12.0. The second kappa shape index (κ2) is 5.20. The molecule has 128 valence electrons. The fourth-order valence-corrected chi connectivity index (χ4v) is 3.94. The van der Waals surface area contributed by atoms with Gasteiger partial charge in [-0.2, -0.15) is 0 Å². The Balaban J connectivity index is 2.11. The Hall–Kier alpha value is -3.09. The van der Waals surface area contributed by atoms with Gasteiger partial charge in [-0.25, -0.2) is 4.79 Å². The van der Waals surface area contributed by atoms with E-state index in [1.54, 1.807) is 24.3 Å². The number of esters is 1. The molecule has 0 fully saturated rings. The van der Waals surface area contributed by atoms with Gasteiger partial charge in [-0.05, 0) is 12.5 Å². The van der Waals surface area contributed by atoms with E-state index in [1.165, 1.54) is 7.11 Å². The molecule has 1 amide bonds. The molecule has 7 heteroatoms. The monoisotopic (exact) mass is 340 g/mol. The minimum Gasteiger partial charge on any atom is -0.465 e. The second-order valence-electron chi connectivity index (χ2n) is 6.16. The fourth-order valence-electron chi connectivity index (χ4n) is 3.94. The SMILES string of the molecule is COC(=O)C1=C(N)OC2=C(C(=O)CCC2)C12C(=O)Nc1ccccc12. The highest BCUT2D eigenvalue weighted by Gasteiger charge is 2.61. The lowest BCUT2D eigenvalue weighted by Crippen LogP contribution is -2.49. The van der Waals surface area contributed by atoms with E-state index >= 15 is 0 Å². The van der Waals surface area contributed by atoms with Crippen LogP contribution in [0.25, 0.3) is 0 Å². The van der Waals surface area contributed by atoms with Crippen LogP contribution in [-0.2, 0) is 29.3 Å². The first-order valence-electron chi connectivity index (χ1n) is 7.96. The van der Waals surface area contributed by atoms with Gasteiger partial charge < -0.3 is 20.5 Å². The van der Waals surface area contributed by atoms with E-state index in [0.717, 1.165) is 0 Å². The first kappa shape index (κ1) is 15.4. The lowest BCUT2D eigenvalue weighted by atomic mass is 9.65. The van der Waals surface area contributed by atoms with Gasteiger partial charge in [0.1, 0.15) is 16.7 Å². The van der Waals surface area contributed by atoms with Gasteiger partial charge in [0.2, 0.25) is 11.8 Å². The van der Waals surface area contributed by atoms with Crippen LogP contribution >= 0.6 is 0 Å². The Morgan fingerprint density at radius 1 is 1.28 bits per heavy atom. The quantitative estimate of drug-likeness (QED) is 0.745. The number of anilines is 1. The maximum Gasteiger partial charge on any atom is 0.340 e. The van der Waals surface area contributed by atoms with Gasteiger partial charge in [-0.3, -0.25) is 9.59 Å². The molecule has 0 aromatic heterocycles. The number of carbonyl (C=O) groups excluding carboxylic acids is 3. The molecule has 7 nitrogen and oxygen atoms in total. The molecule has 1 atom stereocenters. The summed E-state index contributed by atoms with van der Waals surface area (Å²) in [7, 11) is 1.20. The molecule has 0 bridgehead atoms. The minimum absolute atomic E-state index is 0.147. The summed E-state index contributed by atoms with van der Waals surface area (Å²) < 4.78 is 10.4. The summed E-state index contributed by atoms with van der Waals surface area (Å²) in [5, 5.41) is 2.76. The molecule has 1 spiro atoms. The van der Waals surface area contributed by atoms with Crippen molar-refractivity contribution in [1.82, 2.24) is 0 Å². The van der Waals surface area contributed by atoms with Crippen molar-refractivity contribution in [2.45, 2.75) is 24.7 Å². The molecule has 3 aliphatic rings. The number of hydrogen-bond donors (Lipinski definition) is 2. The lowest BCUT2D eigenvalue weighted by Gasteiger charge is -2.38. The third kappa shape index (κ3) is 1.83. The number of para-hydroxylation sites is 1. The normalized spacial score (nSPS) is 24.7. The van der Waals surface area contributed by atoms with Crippen molar-refractivity contribution in [3.05, 3.63) is 52.6 Å². The van der Waals surface area contributed by atoms with Crippen LogP contribution in [0.1, 0.15) is 24.8 Å². The number of Topliss-reactive ketones (excluding diaryl/α,β-unsaturated/α-hetero) is 1. The predicted molar refractivity (Wildman–Crippen MR) is 86.9 cm³/mol. The van der Waals surface area contributed by atoms with E-state index in [0.29, 0.717) is 29.9 Å². The Labute approximate surface area is 143 Å². The molecule has 4 rings (SSSR count). The fraction of sp³-hybridized carbons (Fsp3) is 0.278. The van der Waals surface area contributed by atoms with Gasteiger partial charge in [-0.15, -0.1) is 0 Å². The average molecular weight is 340 g/mol. The van der Waals surface area contributed by atoms with Crippen LogP contribution in [-0.4, -0.2) is 24.8 Å². The zero-order chi connectivity index (χ0) is 17.8. The summed E-state index contributed by atoms with van der Waals surface area (Å²) in [6, 6.07) is 6.94. The number of benzene rings is 1. The number of allylic oxidation sites excluding steroid dienone is 1. The maximum atomic E-state index is 13.1. The summed E-state index contributed by atoms with van der Waals surface area (Å²) in [6.45, 7) is 0. The summed E-state index contributed by atoms with van der Waals surface area (Å²) in [4.78, 5) is 38.4. The molecular weight excluding hydrogens is 324 g/mol. The number of amides is 1. The van der Waals surface area contributed by atoms with Crippen molar-refractivity contribution >= 4 is 23.3 Å². The maximum absolute atomic E-state index is 13.1. The summed E-state index contributed by atoms with van der Waals surface area (Å²) in [5.41, 5.74) is 5.48. The molecule has 0 radical (unpaired) electrons. The number of nitrogens with two attached hydrogens (primary N) is 1. The van der Waals surface area contributed by atoms with Crippen LogP contribution in [0.4, 0.5) is 5.69 Å². The number of ether oxygens (including phenoxy) is 2. The van der Waals surface area contributed by atoms with Crippen LogP contribution < -0.4 is 11.1 Å². The highest BCUT2D eigenvalue weighted by atomic mass is 16.5. The molecule has 2 aliphatic heterocycles. The number of carbonyl (C=O) groups is 3. The zero-order valence-electron chi connectivity index (χ0n) is 13.5. The van der Waals surface area contributed by atoms with Gasteiger partial charge in [0.25, 0.3) is 0 Å². The number of rotatable bonds is 1. The number of fused-ring (bicyclic) bond motifs is 3. The van der Waals surface area contributed by atoms with Crippen molar-refractivity contribution in [3.8, 4) is 0 Å². The number of ketones is 1. The average Bonchev–Trinajstić information content (AvgIpc) is 2.87. The number of hydrogen-bond acceptors (Lipinski definition) is 6. The molecule has 1 aliphatic carbocycles. The van der Waals surface area contributed by atoms with Crippen LogP contribution in [0.2, 0.25) is 0 Å². The molecule has 0 saturated heterocycles. The first-order valence-corrected chi connectivity index (χ1v) is 7.96. The van der Waals surface area contributed by atoms with Crippen LogP contribution in [0, 0.1) is 0 Å². The molecular formula is C18H16N2O5. The van der Waals surface area contributed by atoms with Gasteiger partial charge in [0.15, 0.2) is 5.78 Å². The Kier molecular flexibility index (Phi) is 3.21. The summed E-state index contributed by atoms with van der Waals surface area (Å²) in [6.07, 6.45) is 1.37. The van der Waals surface area contributed by atoms with Crippen molar-refractivity contribution < 1.29 is 23.9 Å². The molecule has 1 aromatic carbocycles. The van der Waals surface area contributed by atoms with Crippen molar-refractivity contribution in [1.29, 1.82) is 0 Å². The van der Waals surface area contributed by atoms with E-state index in [4.69, 9.17) is 15.2 Å². The summed E-state index contributed by atoms with van der Waals surface area (Å²) in [5.74, 6) is -1.36. The van der Waals surface area contributed by atoms with E-state index in [1.807, 2.05) is 0 Å². The number of nitrogens with one attached hydrogen (secondary N) is 1. The van der Waals surface area contributed by atoms with E-state index in [-0.39, 0.29) is 29.2 Å². The summed E-state index contributed by atoms with van der Waals surface area (Å²) >= 11 is 0. The van der Waals surface area contributed by atoms with Crippen molar-refractivity contribution in [3.63, 3.8) is 0 Å². The Bertz CT molecular complexity index is 898. The highest BCUT2D eigenvalue weighted by Crippen LogP contribution is 2.54.